The molecule has 1 aromatic carbocycles. The summed E-state index contributed by atoms with van der Waals surface area (Å²) in [7, 11) is 0. The van der Waals surface area contributed by atoms with Crippen molar-refractivity contribution in [2.45, 2.75) is 5.88 Å². The van der Waals surface area contributed by atoms with E-state index in [-0.39, 0.29) is 0 Å². The van der Waals surface area contributed by atoms with Crippen LogP contribution in [-0.4, -0.2) is 0 Å². The van der Waals surface area contributed by atoms with Gasteiger partial charge < -0.3 is 0 Å². The summed E-state index contributed by atoms with van der Waals surface area (Å²) in [6, 6.07) is 4.09. The minimum absolute atomic E-state index is 0.520. The van der Waals surface area contributed by atoms with E-state index in [4.69, 9.17) is 23.2 Å². The lowest BCUT2D eigenvalue weighted by Gasteiger charge is -2.04. The highest BCUT2D eigenvalue weighted by molar-refractivity contribution is 14.1. The van der Waals surface area contributed by atoms with E-state index in [1.54, 1.807) is 11.3 Å². The smallest absolute Gasteiger partial charge is 0.0557 e. The zero-order valence-electron chi connectivity index (χ0n) is 6.48. The molecule has 0 atom stereocenters. The molecule has 0 saturated carbocycles. The zero-order chi connectivity index (χ0) is 9.42. The van der Waals surface area contributed by atoms with Crippen LogP contribution in [0.25, 0.3) is 10.1 Å². The van der Waals surface area contributed by atoms with E-state index in [9.17, 15) is 0 Å². The molecule has 0 aliphatic heterocycles. The molecule has 2 rings (SSSR count). The Labute approximate surface area is 104 Å². The van der Waals surface area contributed by atoms with Gasteiger partial charge >= 0.3 is 0 Å². The van der Waals surface area contributed by atoms with Crippen molar-refractivity contribution in [2.75, 3.05) is 0 Å². The predicted molar refractivity (Wildman–Crippen MR) is 69.1 cm³/mol. The van der Waals surface area contributed by atoms with Crippen LogP contribution in [0, 0.1) is 3.57 Å². The summed E-state index contributed by atoms with van der Waals surface area (Å²) in [4.78, 5) is 0. The highest BCUT2D eigenvalue weighted by atomic mass is 127. The fraction of sp³-hybridized carbons (Fsp3) is 0.111. The Morgan fingerprint density at radius 1 is 1.46 bits per heavy atom. The van der Waals surface area contributed by atoms with Gasteiger partial charge in [0.15, 0.2) is 0 Å². The van der Waals surface area contributed by atoms with Crippen LogP contribution < -0.4 is 0 Å². The van der Waals surface area contributed by atoms with Crippen LogP contribution >= 0.6 is 57.1 Å². The number of benzene rings is 1. The molecule has 13 heavy (non-hydrogen) atoms. The maximum absolute atomic E-state index is 6.07. The second-order valence-corrected chi connectivity index (χ2v) is 5.32. The van der Waals surface area contributed by atoms with Crippen molar-refractivity contribution in [1.82, 2.24) is 0 Å². The van der Waals surface area contributed by atoms with E-state index in [0.29, 0.717) is 5.88 Å². The normalized spacial score (nSPS) is 11.0. The van der Waals surface area contributed by atoms with Crippen LogP contribution in [0.5, 0.6) is 0 Å². The third-order valence-electron chi connectivity index (χ3n) is 1.89. The molecule has 0 saturated heterocycles. The van der Waals surface area contributed by atoms with E-state index >= 15 is 0 Å². The summed E-state index contributed by atoms with van der Waals surface area (Å²) < 4.78 is 2.28. The van der Waals surface area contributed by atoms with Crippen molar-refractivity contribution >= 4 is 67.2 Å². The number of hydrogen-bond acceptors (Lipinski definition) is 1. The SMILES string of the molecule is ClCc1c(I)c(Cl)cc2sccc12. The van der Waals surface area contributed by atoms with Crippen molar-refractivity contribution in [3.8, 4) is 0 Å². The first-order valence-electron chi connectivity index (χ1n) is 3.64. The zero-order valence-corrected chi connectivity index (χ0v) is 11.0. The minimum Gasteiger partial charge on any atom is -0.144 e. The summed E-state index contributed by atoms with van der Waals surface area (Å²) >= 11 is 15.9. The molecule has 4 heteroatoms. The van der Waals surface area contributed by atoms with Crippen LogP contribution in [0.4, 0.5) is 0 Å². The average Bonchev–Trinajstić information content (AvgIpc) is 2.54. The van der Waals surface area contributed by atoms with Gasteiger partial charge in [0.1, 0.15) is 0 Å². The summed E-state index contributed by atoms with van der Waals surface area (Å²) in [6.07, 6.45) is 0. The molecule has 0 radical (unpaired) electrons. The Morgan fingerprint density at radius 3 is 2.92 bits per heavy atom. The van der Waals surface area contributed by atoms with Gasteiger partial charge in [0.25, 0.3) is 0 Å². The third kappa shape index (κ3) is 1.69. The molecule has 1 heterocycles. The molecule has 0 unspecified atom stereocenters. The molecule has 0 fully saturated rings. The van der Waals surface area contributed by atoms with Crippen LogP contribution in [0.1, 0.15) is 5.56 Å². The van der Waals surface area contributed by atoms with Gasteiger partial charge in [-0.1, -0.05) is 11.6 Å². The van der Waals surface area contributed by atoms with Crippen molar-refractivity contribution in [2.24, 2.45) is 0 Å². The predicted octanol–water partition coefficient (Wildman–Crippen LogP) is 4.90. The molecule has 68 valence electrons. The third-order valence-corrected chi connectivity index (χ3v) is 4.87. The quantitative estimate of drug-likeness (QED) is 0.511. The molecule has 0 spiro atoms. The second-order valence-electron chi connectivity index (χ2n) is 2.62. The Bertz CT molecular complexity index is 450. The lowest BCUT2D eigenvalue weighted by molar-refractivity contribution is 1.42. The molecular weight excluding hydrogens is 338 g/mol. The first kappa shape index (κ1) is 10.0. The topological polar surface area (TPSA) is 0 Å². The second kappa shape index (κ2) is 3.93. The monoisotopic (exact) mass is 342 g/mol. The molecule has 0 nitrogen and oxygen atoms in total. The first-order chi connectivity index (χ1) is 6.24. The summed E-state index contributed by atoms with van der Waals surface area (Å²) in [6.45, 7) is 0. The molecule has 2 aromatic rings. The van der Waals surface area contributed by atoms with E-state index in [2.05, 4.69) is 34.0 Å². The van der Waals surface area contributed by atoms with Gasteiger partial charge in [-0.05, 0) is 51.1 Å². The van der Waals surface area contributed by atoms with Gasteiger partial charge in [0.2, 0.25) is 0 Å². The number of fused-ring (bicyclic) bond motifs is 1. The van der Waals surface area contributed by atoms with E-state index in [1.807, 2.05) is 6.07 Å². The van der Waals surface area contributed by atoms with Crippen molar-refractivity contribution < 1.29 is 0 Å². The van der Waals surface area contributed by atoms with Gasteiger partial charge in [-0.2, -0.15) is 0 Å². The number of thiophene rings is 1. The fourth-order valence-electron chi connectivity index (χ4n) is 1.25. The standard InChI is InChI=1S/C9H5Cl2IS/c10-4-6-5-1-2-13-8(5)3-7(11)9(6)12/h1-3H,4H2. The molecule has 0 aliphatic carbocycles. The van der Waals surface area contributed by atoms with Crippen molar-refractivity contribution in [3.05, 3.63) is 31.7 Å². The van der Waals surface area contributed by atoms with Gasteiger partial charge in [-0.25, -0.2) is 0 Å². The maximum Gasteiger partial charge on any atom is 0.0557 e. The van der Waals surface area contributed by atoms with Crippen LogP contribution in [0.3, 0.4) is 0 Å². The molecule has 1 aromatic heterocycles. The molecule has 0 aliphatic rings. The van der Waals surface area contributed by atoms with E-state index in [0.717, 1.165) is 14.2 Å². The number of halogens is 3. The molecule has 0 amide bonds. The molecular formula is C9H5Cl2IS. The highest BCUT2D eigenvalue weighted by Gasteiger charge is 2.09. The Morgan fingerprint density at radius 2 is 2.23 bits per heavy atom. The van der Waals surface area contributed by atoms with Crippen molar-refractivity contribution in [1.29, 1.82) is 0 Å². The highest BCUT2D eigenvalue weighted by Crippen LogP contribution is 2.34. The molecule has 0 bridgehead atoms. The Hall–Kier alpha value is 0.490. The average molecular weight is 343 g/mol. The van der Waals surface area contributed by atoms with Crippen LogP contribution in [0.2, 0.25) is 5.02 Å². The van der Waals surface area contributed by atoms with Gasteiger partial charge in [-0.3, -0.25) is 0 Å². The maximum atomic E-state index is 6.07. The van der Waals surface area contributed by atoms with E-state index < -0.39 is 0 Å². The van der Waals surface area contributed by atoms with Crippen LogP contribution in [-0.2, 0) is 5.88 Å². The number of rotatable bonds is 1. The Balaban J connectivity index is 2.87. The summed E-state index contributed by atoms with van der Waals surface area (Å²) in [5.74, 6) is 0.520. The minimum atomic E-state index is 0.520. The largest absolute Gasteiger partial charge is 0.144 e. The van der Waals surface area contributed by atoms with Crippen molar-refractivity contribution in [3.63, 3.8) is 0 Å². The summed E-state index contributed by atoms with van der Waals surface area (Å²) in [5.41, 5.74) is 1.14. The first-order valence-corrected chi connectivity index (χ1v) is 6.51. The van der Waals surface area contributed by atoms with Crippen LogP contribution in [0.15, 0.2) is 17.5 Å². The number of alkyl halides is 1. The Kier molecular flexibility index (Phi) is 3.03. The van der Waals surface area contributed by atoms with Gasteiger partial charge in [-0.15, -0.1) is 22.9 Å². The fourth-order valence-corrected chi connectivity index (χ4v) is 3.54. The lowest BCUT2D eigenvalue weighted by atomic mass is 10.1. The van der Waals surface area contributed by atoms with Gasteiger partial charge in [0, 0.05) is 14.2 Å². The van der Waals surface area contributed by atoms with Gasteiger partial charge in [0.05, 0.1) is 5.02 Å². The molecule has 0 N–H and O–H groups in total. The van der Waals surface area contributed by atoms with E-state index in [1.165, 1.54) is 10.1 Å². The lowest BCUT2D eigenvalue weighted by Crippen LogP contribution is -1.86. The summed E-state index contributed by atoms with van der Waals surface area (Å²) in [5, 5.41) is 4.09. The number of hydrogen-bond donors (Lipinski definition) is 0.